The molecular weight excluding hydrogens is 284 g/mol. The van der Waals surface area contributed by atoms with Crippen molar-refractivity contribution in [3.05, 3.63) is 0 Å². The second kappa shape index (κ2) is 5.46. The predicted molar refractivity (Wildman–Crippen MR) is 81.9 cm³/mol. The number of aliphatic hydroxyl groups excluding tert-OH is 2. The number of rotatable bonds is 3. The molecule has 0 radical (unpaired) electrons. The van der Waals surface area contributed by atoms with E-state index in [1.807, 2.05) is 20.8 Å². The van der Waals surface area contributed by atoms with Crippen LogP contribution in [0.15, 0.2) is 0 Å². The molecule has 2 saturated carbocycles. The van der Waals surface area contributed by atoms with Crippen molar-refractivity contribution in [2.45, 2.75) is 59.2 Å². The van der Waals surface area contributed by atoms with Gasteiger partial charge in [-0.3, -0.25) is 4.79 Å². The van der Waals surface area contributed by atoms with Gasteiger partial charge in [0.15, 0.2) is 0 Å². The molecule has 0 spiro atoms. The Hall–Kier alpha value is -0.650. The van der Waals surface area contributed by atoms with Gasteiger partial charge in [0.25, 0.3) is 0 Å². The lowest BCUT2D eigenvalue weighted by atomic mass is 9.55. The summed E-state index contributed by atoms with van der Waals surface area (Å²) < 4.78 is 13.4. The number of ether oxygens (including phenoxy) is 1. The van der Waals surface area contributed by atoms with Crippen LogP contribution < -0.4 is 0 Å². The highest BCUT2D eigenvalue weighted by atomic mass is 16.5. The summed E-state index contributed by atoms with van der Waals surface area (Å²) in [6, 6.07) is 0. The lowest BCUT2D eigenvalue weighted by Crippen LogP contribution is -2.64. The van der Waals surface area contributed by atoms with Crippen molar-refractivity contribution < 1.29 is 26.2 Å². The van der Waals surface area contributed by atoms with E-state index >= 15 is 0 Å². The molecule has 5 heteroatoms. The smallest absolute Gasteiger partial charge is 0.302 e. The highest BCUT2D eigenvalue weighted by molar-refractivity contribution is 5.66. The average molecular weight is 315 g/mol. The van der Waals surface area contributed by atoms with Gasteiger partial charge >= 0.3 is 5.97 Å². The summed E-state index contributed by atoms with van der Waals surface area (Å²) in [5, 5.41) is 31.8. The summed E-state index contributed by atoms with van der Waals surface area (Å²) in [7, 11) is 0. The monoisotopic (exact) mass is 315 g/mol. The molecule has 0 aliphatic heterocycles. The van der Waals surface area contributed by atoms with Crippen LogP contribution in [0.1, 0.15) is 48.8 Å². The standard InChI is InChI=1S/C17H30O5/c1-10-6-13(22-11(2)20)14-15(3,4)8-16(5,9-19)17(14,21)12(10)7-18/h10,12-14,18-19,21H,6-9H2,1-5H3/t10-,12+,13+,14+,16-,17-/m1/s1/i7D/t7?,10-,12+,13+,14+,16-,17-. The molecule has 0 heterocycles. The fourth-order valence-electron chi connectivity index (χ4n) is 5.48. The Morgan fingerprint density at radius 2 is 1.95 bits per heavy atom. The van der Waals surface area contributed by atoms with Crippen molar-refractivity contribution in [3.63, 3.8) is 0 Å². The number of carbonyl (C=O) groups is 1. The van der Waals surface area contributed by atoms with E-state index in [1.165, 1.54) is 6.92 Å². The first-order valence-electron chi connectivity index (χ1n) is 8.59. The van der Waals surface area contributed by atoms with Crippen molar-refractivity contribution >= 4 is 5.97 Å². The summed E-state index contributed by atoms with van der Waals surface area (Å²) in [4.78, 5) is 11.5. The third kappa shape index (κ3) is 2.29. The molecular formula is C17H30O5. The average Bonchev–Trinajstić information content (AvgIpc) is 2.51. The lowest BCUT2D eigenvalue weighted by Gasteiger charge is -2.55. The van der Waals surface area contributed by atoms with Crippen LogP contribution in [0, 0.1) is 28.6 Å². The Kier molecular flexibility index (Phi) is 4.03. The minimum absolute atomic E-state index is 0.201. The Bertz CT molecular complexity index is 480. The van der Waals surface area contributed by atoms with Gasteiger partial charge in [0.2, 0.25) is 0 Å². The van der Waals surface area contributed by atoms with Crippen molar-refractivity contribution in [2.24, 2.45) is 28.6 Å². The molecule has 7 atom stereocenters. The molecule has 1 unspecified atom stereocenters. The van der Waals surface area contributed by atoms with Crippen LogP contribution in [-0.2, 0) is 9.53 Å². The highest BCUT2D eigenvalue weighted by Gasteiger charge is 2.71. The van der Waals surface area contributed by atoms with Gasteiger partial charge in [-0.2, -0.15) is 0 Å². The van der Waals surface area contributed by atoms with E-state index in [-0.39, 0.29) is 17.9 Å². The van der Waals surface area contributed by atoms with E-state index in [0.29, 0.717) is 12.8 Å². The molecule has 0 amide bonds. The Morgan fingerprint density at radius 3 is 2.41 bits per heavy atom. The van der Waals surface area contributed by atoms with Crippen LogP contribution in [0.4, 0.5) is 0 Å². The molecule has 22 heavy (non-hydrogen) atoms. The summed E-state index contributed by atoms with van der Waals surface area (Å²) in [5.74, 6) is -1.73. The maximum absolute atomic E-state index is 11.7. The molecule has 0 aromatic rings. The van der Waals surface area contributed by atoms with Crippen LogP contribution in [0.3, 0.4) is 0 Å². The normalized spacial score (nSPS) is 49.2. The minimum Gasteiger partial charge on any atom is -0.462 e. The summed E-state index contributed by atoms with van der Waals surface area (Å²) in [5.41, 5.74) is -2.72. The van der Waals surface area contributed by atoms with Gasteiger partial charge in [-0.05, 0) is 24.2 Å². The SMILES string of the molecule is [2H]C(O)[C@H]1[C@H](C)C[C@H](OC(C)=O)[C@H]2C(C)(C)C[C@](C)(CO)[C@@]12O. The second-order valence-electron chi connectivity index (χ2n) is 8.22. The Morgan fingerprint density at radius 1 is 1.36 bits per heavy atom. The maximum Gasteiger partial charge on any atom is 0.302 e. The molecule has 2 fully saturated rings. The van der Waals surface area contributed by atoms with Gasteiger partial charge in [0.1, 0.15) is 6.10 Å². The number of fused-ring (bicyclic) bond motifs is 1. The fourth-order valence-corrected chi connectivity index (χ4v) is 5.48. The molecule has 0 aromatic carbocycles. The van der Waals surface area contributed by atoms with Crippen molar-refractivity contribution in [1.82, 2.24) is 0 Å². The zero-order valence-corrected chi connectivity index (χ0v) is 14.2. The zero-order chi connectivity index (χ0) is 17.8. The first kappa shape index (κ1) is 16.2. The predicted octanol–water partition coefficient (Wildman–Crippen LogP) is 1.34. The van der Waals surface area contributed by atoms with E-state index in [2.05, 4.69) is 0 Å². The highest BCUT2D eigenvalue weighted by Crippen LogP contribution is 2.66. The molecule has 0 aromatic heterocycles. The van der Waals surface area contributed by atoms with E-state index in [0.717, 1.165) is 0 Å². The summed E-state index contributed by atoms with van der Waals surface area (Å²) in [6.45, 7) is 7.29. The second-order valence-corrected chi connectivity index (χ2v) is 8.22. The Labute approximate surface area is 134 Å². The number of hydrogen-bond acceptors (Lipinski definition) is 5. The summed E-state index contributed by atoms with van der Waals surface area (Å²) in [6.07, 6.45) is 0.551. The van der Waals surface area contributed by atoms with E-state index in [4.69, 9.17) is 6.11 Å². The Balaban J connectivity index is 2.61. The van der Waals surface area contributed by atoms with Crippen LogP contribution >= 0.6 is 0 Å². The third-order valence-electron chi connectivity index (χ3n) is 6.05. The first-order chi connectivity index (χ1) is 10.4. The quantitative estimate of drug-likeness (QED) is 0.684. The largest absolute Gasteiger partial charge is 0.462 e. The molecule has 2 aliphatic rings. The van der Waals surface area contributed by atoms with Gasteiger partial charge in [-0.15, -0.1) is 0 Å². The van der Waals surface area contributed by atoms with Crippen LogP contribution in [-0.4, -0.2) is 46.2 Å². The van der Waals surface area contributed by atoms with Crippen molar-refractivity contribution in [2.75, 3.05) is 13.2 Å². The van der Waals surface area contributed by atoms with Gasteiger partial charge < -0.3 is 20.1 Å². The van der Waals surface area contributed by atoms with E-state index in [9.17, 15) is 20.1 Å². The topological polar surface area (TPSA) is 87.0 Å². The van der Waals surface area contributed by atoms with Gasteiger partial charge in [0, 0.05) is 30.8 Å². The van der Waals surface area contributed by atoms with Gasteiger partial charge in [-0.25, -0.2) is 0 Å². The van der Waals surface area contributed by atoms with Crippen LogP contribution in [0.2, 0.25) is 0 Å². The van der Waals surface area contributed by atoms with E-state index in [1.54, 1.807) is 6.92 Å². The molecule has 128 valence electrons. The summed E-state index contributed by atoms with van der Waals surface area (Å²) >= 11 is 0. The zero-order valence-electron chi connectivity index (χ0n) is 15.2. The number of carbonyl (C=O) groups excluding carboxylic acids is 1. The minimum atomic E-state index is -1.47. The molecule has 0 bridgehead atoms. The number of esters is 1. The van der Waals surface area contributed by atoms with Crippen LogP contribution in [0.25, 0.3) is 0 Å². The van der Waals surface area contributed by atoms with Gasteiger partial charge in [-0.1, -0.05) is 27.7 Å². The fraction of sp³-hybridized carbons (Fsp3) is 0.941. The molecule has 3 N–H and O–H groups in total. The van der Waals surface area contributed by atoms with Crippen LogP contribution in [0.5, 0.6) is 0 Å². The molecule has 2 aliphatic carbocycles. The molecule has 2 rings (SSSR count). The maximum atomic E-state index is 11.7. The van der Waals surface area contributed by atoms with Crippen molar-refractivity contribution in [3.8, 4) is 0 Å². The van der Waals surface area contributed by atoms with Gasteiger partial charge in [0.05, 0.1) is 13.6 Å². The third-order valence-corrected chi connectivity index (χ3v) is 6.05. The van der Waals surface area contributed by atoms with E-state index < -0.39 is 41.5 Å². The molecule has 0 saturated heterocycles. The van der Waals surface area contributed by atoms with Crippen molar-refractivity contribution in [1.29, 1.82) is 0 Å². The lowest BCUT2D eigenvalue weighted by molar-refractivity contribution is -0.224. The molecule has 5 nitrogen and oxygen atoms in total. The number of hydrogen-bond donors (Lipinski definition) is 3. The number of aliphatic hydroxyl groups is 3. The first-order valence-corrected chi connectivity index (χ1v) is 8.01.